The Labute approximate surface area is 216 Å². The molecule has 1 aliphatic carbocycles. The molecule has 3 rings (SSSR count). The zero-order chi connectivity index (χ0) is 26.1. The number of nitrogens with zero attached hydrogens (tertiary/aromatic N) is 3. The molecular formula is C28H44N4O4. The molecule has 8 nitrogen and oxygen atoms in total. The molecular weight excluding hydrogens is 456 g/mol. The Bertz CT molecular complexity index is 909. The smallest absolute Gasteiger partial charge is 0.325 e. The number of amides is 1. The molecule has 2 unspecified atom stereocenters. The highest BCUT2D eigenvalue weighted by atomic mass is 16.5. The van der Waals surface area contributed by atoms with E-state index in [0.29, 0.717) is 43.8 Å². The molecule has 0 spiro atoms. The first-order valence-corrected chi connectivity index (χ1v) is 13.6. The van der Waals surface area contributed by atoms with Crippen LogP contribution in [0.1, 0.15) is 77.7 Å². The SMILES string of the molecule is CCCCCN(C)C(=O)CCCOc1ccc2c(c1)CN(CC(=O)OC1C(C)CCCC1C)C(N)=N2. The molecule has 2 aliphatic rings. The standard InChI is InChI=1S/C28H44N4O4/c1-5-6-7-15-31(4)25(33)12-9-16-35-23-13-14-24-22(17-23)18-32(28(29)30-24)19-26(34)36-27-20(2)10-8-11-21(27)3/h13-14,17,20-21,27H,5-12,15-16,18-19H2,1-4H3,(H2,29,30). The van der Waals surface area contributed by atoms with Gasteiger partial charge in [-0.15, -0.1) is 0 Å². The van der Waals surface area contributed by atoms with Crippen LogP contribution in [0, 0.1) is 11.8 Å². The lowest BCUT2D eigenvalue weighted by atomic mass is 9.80. The topological polar surface area (TPSA) is 97.5 Å². The third-order valence-electron chi connectivity index (χ3n) is 7.33. The van der Waals surface area contributed by atoms with Crippen LogP contribution in [0.15, 0.2) is 23.2 Å². The van der Waals surface area contributed by atoms with Gasteiger partial charge in [-0.2, -0.15) is 0 Å². The number of benzene rings is 1. The maximum absolute atomic E-state index is 12.7. The first-order chi connectivity index (χ1) is 17.3. The van der Waals surface area contributed by atoms with E-state index in [1.807, 2.05) is 30.1 Å². The van der Waals surface area contributed by atoms with E-state index in [4.69, 9.17) is 15.2 Å². The van der Waals surface area contributed by atoms with Crippen LogP contribution in [-0.4, -0.2) is 60.5 Å². The van der Waals surface area contributed by atoms with E-state index in [2.05, 4.69) is 25.8 Å². The van der Waals surface area contributed by atoms with Gasteiger partial charge in [0.1, 0.15) is 18.4 Å². The summed E-state index contributed by atoms with van der Waals surface area (Å²) in [7, 11) is 1.87. The minimum atomic E-state index is -0.265. The van der Waals surface area contributed by atoms with Crippen molar-refractivity contribution in [2.24, 2.45) is 22.6 Å². The maximum atomic E-state index is 12.7. The van der Waals surface area contributed by atoms with Crippen LogP contribution in [0.5, 0.6) is 5.75 Å². The Morgan fingerprint density at radius 2 is 1.92 bits per heavy atom. The fourth-order valence-electron chi connectivity index (χ4n) is 5.06. The van der Waals surface area contributed by atoms with Gasteiger partial charge < -0.3 is 25.0 Å². The third-order valence-corrected chi connectivity index (χ3v) is 7.33. The van der Waals surface area contributed by atoms with Crippen molar-refractivity contribution in [3.63, 3.8) is 0 Å². The van der Waals surface area contributed by atoms with Crippen molar-refractivity contribution in [3.8, 4) is 5.75 Å². The van der Waals surface area contributed by atoms with E-state index in [1.54, 1.807) is 4.90 Å². The van der Waals surface area contributed by atoms with Crippen LogP contribution in [0.25, 0.3) is 0 Å². The quantitative estimate of drug-likeness (QED) is 0.332. The highest BCUT2D eigenvalue weighted by molar-refractivity contribution is 5.87. The Hall–Kier alpha value is -2.77. The van der Waals surface area contributed by atoms with Crippen molar-refractivity contribution in [1.82, 2.24) is 9.80 Å². The summed E-state index contributed by atoms with van der Waals surface area (Å²) < 4.78 is 11.8. The summed E-state index contributed by atoms with van der Waals surface area (Å²) in [6, 6.07) is 5.68. The van der Waals surface area contributed by atoms with Gasteiger partial charge in [0.05, 0.1) is 12.3 Å². The molecule has 200 valence electrons. The van der Waals surface area contributed by atoms with Gasteiger partial charge in [0, 0.05) is 32.1 Å². The van der Waals surface area contributed by atoms with Crippen LogP contribution in [0.2, 0.25) is 0 Å². The summed E-state index contributed by atoms with van der Waals surface area (Å²) in [4.78, 5) is 33.0. The Kier molecular flexibility index (Phi) is 10.4. The van der Waals surface area contributed by atoms with Gasteiger partial charge in [-0.3, -0.25) is 9.59 Å². The fraction of sp³-hybridized carbons (Fsp3) is 0.679. The number of nitrogens with two attached hydrogens (primary N) is 1. The number of esters is 1. The Morgan fingerprint density at radius 3 is 2.64 bits per heavy atom. The van der Waals surface area contributed by atoms with Crippen molar-refractivity contribution < 1.29 is 19.1 Å². The number of carbonyl (C=O) groups is 2. The number of fused-ring (bicyclic) bond motifs is 1. The number of ether oxygens (including phenoxy) is 2. The number of unbranched alkanes of at least 4 members (excludes halogenated alkanes) is 2. The zero-order valence-electron chi connectivity index (χ0n) is 22.5. The van der Waals surface area contributed by atoms with Gasteiger partial charge in [0.25, 0.3) is 0 Å². The Morgan fingerprint density at radius 1 is 1.17 bits per heavy atom. The molecule has 36 heavy (non-hydrogen) atoms. The number of hydrogen-bond donors (Lipinski definition) is 1. The molecule has 0 aromatic heterocycles. The van der Waals surface area contributed by atoms with Crippen molar-refractivity contribution in [1.29, 1.82) is 0 Å². The minimum Gasteiger partial charge on any atom is -0.494 e. The molecule has 8 heteroatoms. The maximum Gasteiger partial charge on any atom is 0.325 e. The van der Waals surface area contributed by atoms with Crippen molar-refractivity contribution in [2.45, 2.75) is 84.8 Å². The summed E-state index contributed by atoms with van der Waals surface area (Å²) in [6.45, 7) is 8.29. The number of rotatable bonds is 12. The van der Waals surface area contributed by atoms with Crippen LogP contribution >= 0.6 is 0 Å². The largest absolute Gasteiger partial charge is 0.494 e. The average molecular weight is 501 g/mol. The lowest BCUT2D eigenvalue weighted by Crippen LogP contribution is -2.44. The van der Waals surface area contributed by atoms with E-state index in [-0.39, 0.29) is 24.5 Å². The number of carbonyl (C=O) groups excluding carboxylic acids is 2. The van der Waals surface area contributed by atoms with Gasteiger partial charge in [-0.1, -0.05) is 40.0 Å². The molecule has 1 aliphatic heterocycles. The predicted molar refractivity (Wildman–Crippen MR) is 142 cm³/mol. The highest BCUT2D eigenvalue weighted by Crippen LogP contribution is 2.32. The molecule has 1 heterocycles. The van der Waals surface area contributed by atoms with Gasteiger partial charge >= 0.3 is 5.97 Å². The number of hydrogen-bond acceptors (Lipinski definition) is 7. The zero-order valence-corrected chi connectivity index (χ0v) is 22.5. The molecule has 1 aromatic rings. The van der Waals surface area contributed by atoms with Crippen molar-refractivity contribution in [3.05, 3.63) is 23.8 Å². The van der Waals surface area contributed by atoms with Gasteiger partial charge in [0.2, 0.25) is 5.91 Å². The van der Waals surface area contributed by atoms with Crippen LogP contribution in [-0.2, 0) is 20.9 Å². The van der Waals surface area contributed by atoms with Crippen LogP contribution in [0.3, 0.4) is 0 Å². The molecule has 1 amide bonds. The summed E-state index contributed by atoms with van der Waals surface area (Å²) in [6.07, 6.45) is 7.81. The minimum absolute atomic E-state index is 0.0375. The van der Waals surface area contributed by atoms with Crippen molar-refractivity contribution in [2.75, 3.05) is 26.7 Å². The van der Waals surface area contributed by atoms with E-state index in [9.17, 15) is 9.59 Å². The lowest BCUT2D eigenvalue weighted by Gasteiger charge is -2.35. The highest BCUT2D eigenvalue weighted by Gasteiger charge is 2.32. The second kappa shape index (κ2) is 13.5. The number of aliphatic imine (C=N–C) groups is 1. The second-order valence-corrected chi connectivity index (χ2v) is 10.4. The molecule has 1 aromatic carbocycles. The molecule has 1 saturated carbocycles. The van der Waals surface area contributed by atoms with Crippen molar-refractivity contribution >= 4 is 23.5 Å². The summed E-state index contributed by atoms with van der Waals surface area (Å²) >= 11 is 0. The summed E-state index contributed by atoms with van der Waals surface area (Å²) in [5.74, 6) is 1.69. The summed E-state index contributed by atoms with van der Waals surface area (Å²) in [5.41, 5.74) is 7.88. The third kappa shape index (κ3) is 7.87. The van der Waals surface area contributed by atoms with Crippen LogP contribution in [0.4, 0.5) is 5.69 Å². The average Bonchev–Trinajstić information content (AvgIpc) is 2.84. The van der Waals surface area contributed by atoms with Gasteiger partial charge in [0.15, 0.2) is 5.96 Å². The van der Waals surface area contributed by atoms with E-state index < -0.39 is 0 Å². The van der Waals surface area contributed by atoms with Gasteiger partial charge in [-0.25, -0.2) is 4.99 Å². The molecule has 2 atom stereocenters. The summed E-state index contributed by atoms with van der Waals surface area (Å²) in [5, 5.41) is 0. The normalized spacial score (nSPS) is 21.4. The fourth-order valence-corrected chi connectivity index (χ4v) is 5.06. The molecule has 0 radical (unpaired) electrons. The first-order valence-electron chi connectivity index (χ1n) is 13.6. The second-order valence-electron chi connectivity index (χ2n) is 10.4. The molecule has 1 fully saturated rings. The van der Waals surface area contributed by atoms with Gasteiger partial charge in [-0.05, 0) is 55.7 Å². The van der Waals surface area contributed by atoms with Crippen LogP contribution < -0.4 is 10.5 Å². The molecule has 2 N–H and O–H groups in total. The van der Waals surface area contributed by atoms with E-state index in [1.165, 1.54) is 6.42 Å². The van der Waals surface area contributed by atoms with E-state index >= 15 is 0 Å². The first kappa shape index (κ1) is 27.8. The molecule has 0 saturated heterocycles. The molecule has 0 bridgehead atoms. The van der Waals surface area contributed by atoms with E-state index in [0.717, 1.165) is 55.6 Å². The Balaban J connectivity index is 1.47. The lowest BCUT2D eigenvalue weighted by molar-refractivity contribution is -0.157. The monoisotopic (exact) mass is 500 g/mol. The predicted octanol–water partition coefficient (Wildman–Crippen LogP) is 4.62. The number of guanidine groups is 1.